The van der Waals surface area contributed by atoms with E-state index in [0.717, 1.165) is 19.6 Å². The topological polar surface area (TPSA) is 119 Å². The molecule has 0 radical (unpaired) electrons. The number of carbonyl (C=O) groups excluding carboxylic acids is 2. The summed E-state index contributed by atoms with van der Waals surface area (Å²) in [4.78, 5) is 29.6. The number of anilines is 1. The van der Waals surface area contributed by atoms with Crippen LogP contribution >= 0.6 is 0 Å². The Labute approximate surface area is 162 Å². The highest BCUT2D eigenvalue weighted by Crippen LogP contribution is 2.24. The maximum atomic E-state index is 12.1. The zero-order chi connectivity index (χ0) is 19.8. The molecule has 10 nitrogen and oxygen atoms in total. The molecular weight excluding hydrogens is 366 g/mol. The number of nitrogens with zero attached hydrogens (tertiary/aromatic N) is 3. The third-order valence-corrected chi connectivity index (χ3v) is 4.03. The number of morpholine rings is 1. The molecule has 2 aromatic rings. The largest absolute Gasteiger partial charge is 0.483 e. The van der Waals surface area contributed by atoms with E-state index in [9.17, 15) is 9.59 Å². The van der Waals surface area contributed by atoms with Crippen LogP contribution in [0.1, 0.15) is 23.4 Å². The fourth-order valence-corrected chi connectivity index (χ4v) is 2.66. The minimum atomic E-state index is -0.425. The summed E-state index contributed by atoms with van der Waals surface area (Å²) in [6.07, 6.45) is 0. The van der Waals surface area contributed by atoms with Crippen molar-refractivity contribution >= 4 is 17.5 Å². The smallest absolute Gasteiger partial charge is 0.316 e. The van der Waals surface area contributed by atoms with E-state index < -0.39 is 5.91 Å². The van der Waals surface area contributed by atoms with Gasteiger partial charge in [0, 0.05) is 33.1 Å². The van der Waals surface area contributed by atoms with Crippen molar-refractivity contribution in [2.75, 3.05) is 44.7 Å². The molecule has 3 rings (SSSR count). The summed E-state index contributed by atoms with van der Waals surface area (Å²) in [6.45, 7) is 5.78. The van der Waals surface area contributed by atoms with E-state index in [1.165, 1.54) is 6.92 Å². The monoisotopic (exact) mass is 389 g/mol. The van der Waals surface area contributed by atoms with Crippen LogP contribution in [0.3, 0.4) is 0 Å². The van der Waals surface area contributed by atoms with Gasteiger partial charge in [0.25, 0.3) is 0 Å². The van der Waals surface area contributed by atoms with Gasteiger partial charge in [-0.15, -0.1) is 0 Å². The van der Waals surface area contributed by atoms with Crippen molar-refractivity contribution in [1.29, 1.82) is 0 Å². The highest BCUT2D eigenvalue weighted by molar-refractivity contribution is 5.90. The van der Waals surface area contributed by atoms with Crippen molar-refractivity contribution in [3.63, 3.8) is 0 Å². The maximum absolute atomic E-state index is 12.1. The molecule has 150 valence electrons. The Hall–Kier alpha value is -2.98. The molecule has 1 aliphatic rings. The van der Waals surface area contributed by atoms with Crippen LogP contribution < -0.4 is 15.4 Å². The number of ether oxygens (including phenoxy) is 2. The van der Waals surface area contributed by atoms with Gasteiger partial charge in [0.2, 0.25) is 11.7 Å². The van der Waals surface area contributed by atoms with E-state index in [-0.39, 0.29) is 24.2 Å². The van der Waals surface area contributed by atoms with Crippen molar-refractivity contribution in [2.45, 2.75) is 13.5 Å². The van der Waals surface area contributed by atoms with E-state index in [2.05, 4.69) is 25.7 Å². The van der Waals surface area contributed by atoms with Crippen LogP contribution in [-0.2, 0) is 16.1 Å². The first-order valence-corrected chi connectivity index (χ1v) is 9.02. The Balaban J connectivity index is 1.47. The van der Waals surface area contributed by atoms with Crippen molar-refractivity contribution in [3.8, 4) is 5.75 Å². The Morgan fingerprint density at radius 3 is 2.82 bits per heavy atom. The first-order chi connectivity index (χ1) is 13.6. The second-order valence-electron chi connectivity index (χ2n) is 6.19. The molecule has 0 saturated carbocycles. The predicted molar refractivity (Wildman–Crippen MR) is 99.0 cm³/mol. The SMILES string of the molecule is CC(=O)Nc1ccccc1OCc1noc(C(=O)NCCN2CCOCC2)n1. The van der Waals surface area contributed by atoms with Crippen molar-refractivity contribution in [2.24, 2.45) is 0 Å². The predicted octanol–water partition coefficient (Wildman–Crippen LogP) is 0.669. The van der Waals surface area contributed by atoms with E-state index in [4.69, 9.17) is 14.0 Å². The van der Waals surface area contributed by atoms with Crippen molar-refractivity contribution in [3.05, 3.63) is 36.0 Å². The molecule has 1 saturated heterocycles. The van der Waals surface area contributed by atoms with Gasteiger partial charge in [0.1, 0.15) is 5.75 Å². The molecule has 10 heteroatoms. The van der Waals surface area contributed by atoms with Crippen LogP contribution in [0.2, 0.25) is 0 Å². The van der Waals surface area contributed by atoms with Gasteiger partial charge in [0.15, 0.2) is 6.61 Å². The number of aromatic nitrogens is 2. The second kappa shape index (κ2) is 9.81. The number of nitrogens with one attached hydrogen (secondary N) is 2. The van der Waals surface area contributed by atoms with Gasteiger partial charge in [0.05, 0.1) is 18.9 Å². The Morgan fingerprint density at radius 2 is 2.04 bits per heavy atom. The van der Waals surface area contributed by atoms with E-state index in [0.29, 0.717) is 31.2 Å². The van der Waals surface area contributed by atoms with Crippen LogP contribution in [0.15, 0.2) is 28.8 Å². The van der Waals surface area contributed by atoms with Gasteiger partial charge >= 0.3 is 11.8 Å². The molecule has 2 N–H and O–H groups in total. The van der Waals surface area contributed by atoms with Crippen molar-refractivity contribution < 1.29 is 23.6 Å². The number of carbonyl (C=O) groups is 2. The molecule has 1 aromatic heterocycles. The zero-order valence-corrected chi connectivity index (χ0v) is 15.6. The Kier molecular flexibility index (Phi) is 6.93. The first kappa shape index (κ1) is 19.8. The molecule has 2 amide bonds. The second-order valence-corrected chi connectivity index (χ2v) is 6.19. The molecule has 1 fully saturated rings. The molecule has 1 aliphatic heterocycles. The summed E-state index contributed by atoms with van der Waals surface area (Å²) >= 11 is 0. The van der Waals surface area contributed by atoms with Crippen LogP contribution in [0.25, 0.3) is 0 Å². The molecule has 0 atom stereocenters. The minimum absolute atomic E-state index is 0.00115. The summed E-state index contributed by atoms with van der Waals surface area (Å²) in [5.41, 5.74) is 0.541. The Bertz CT molecular complexity index is 803. The summed E-state index contributed by atoms with van der Waals surface area (Å²) in [5, 5.41) is 9.19. The maximum Gasteiger partial charge on any atom is 0.316 e. The molecular formula is C18H23N5O5. The normalized spacial score (nSPS) is 14.5. The number of rotatable bonds is 8. The Morgan fingerprint density at radius 1 is 1.25 bits per heavy atom. The zero-order valence-electron chi connectivity index (χ0n) is 15.6. The third kappa shape index (κ3) is 5.76. The van der Waals surface area contributed by atoms with E-state index >= 15 is 0 Å². The van der Waals surface area contributed by atoms with Crippen LogP contribution in [0.4, 0.5) is 5.69 Å². The number of benzene rings is 1. The molecule has 28 heavy (non-hydrogen) atoms. The van der Waals surface area contributed by atoms with Gasteiger partial charge in [-0.25, -0.2) is 0 Å². The highest BCUT2D eigenvalue weighted by Gasteiger charge is 2.16. The molecule has 0 unspecified atom stereocenters. The fourth-order valence-electron chi connectivity index (χ4n) is 2.66. The average Bonchev–Trinajstić information content (AvgIpc) is 3.17. The van der Waals surface area contributed by atoms with E-state index in [1.807, 2.05) is 0 Å². The summed E-state index contributed by atoms with van der Waals surface area (Å²) in [6, 6.07) is 7.00. The summed E-state index contributed by atoms with van der Waals surface area (Å²) in [5.74, 6) is -0.0389. The van der Waals surface area contributed by atoms with Crippen LogP contribution in [0, 0.1) is 0 Å². The number of amides is 2. The van der Waals surface area contributed by atoms with Crippen molar-refractivity contribution in [1.82, 2.24) is 20.4 Å². The lowest BCUT2D eigenvalue weighted by Gasteiger charge is -2.26. The van der Waals surface area contributed by atoms with Gasteiger partial charge in [-0.05, 0) is 12.1 Å². The third-order valence-electron chi connectivity index (χ3n) is 4.03. The van der Waals surface area contributed by atoms with E-state index in [1.54, 1.807) is 24.3 Å². The van der Waals surface area contributed by atoms with Crippen LogP contribution in [0.5, 0.6) is 5.75 Å². The summed E-state index contributed by atoms with van der Waals surface area (Å²) in [7, 11) is 0. The van der Waals surface area contributed by atoms with Crippen LogP contribution in [-0.4, -0.2) is 66.2 Å². The van der Waals surface area contributed by atoms with Gasteiger partial charge in [-0.2, -0.15) is 4.98 Å². The molecule has 2 heterocycles. The molecule has 0 spiro atoms. The fraction of sp³-hybridized carbons (Fsp3) is 0.444. The molecule has 0 bridgehead atoms. The molecule has 1 aromatic carbocycles. The first-order valence-electron chi connectivity index (χ1n) is 9.02. The van der Waals surface area contributed by atoms with Gasteiger partial charge in [-0.1, -0.05) is 17.3 Å². The average molecular weight is 389 g/mol. The van der Waals surface area contributed by atoms with Gasteiger partial charge in [-0.3, -0.25) is 14.5 Å². The lowest BCUT2D eigenvalue weighted by atomic mass is 10.3. The number of para-hydroxylation sites is 2. The summed E-state index contributed by atoms with van der Waals surface area (Å²) < 4.78 is 15.9. The number of hydrogen-bond donors (Lipinski definition) is 2. The quantitative estimate of drug-likeness (QED) is 0.676. The highest BCUT2D eigenvalue weighted by atomic mass is 16.5. The van der Waals surface area contributed by atoms with Gasteiger partial charge < -0.3 is 24.6 Å². The standard InChI is InChI=1S/C18H23N5O5/c1-13(24)20-14-4-2-3-5-15(14)27-12-16-21-18(28-22-16)17(25)19-6-7-23-8-10-26-11-9-23/h2-5H,6-12H2,1H3,(H,19,25)(H,20,24). The molecule has 0 aliphatic carbocycles. The minimum Gasteiger partial charge on any atom is -0.483 e. The lowest BCUT2D eigenvalue weighted by molar-refractivity contribution is -0.114. The number of hydrogen-bond acceptors (Lipinski definition) is 8. The lowest BCUT2D eigenvalue weighted by Crippen LogP contribution is -2.41.